The summed E-state index contributed by atoms with van der Waals surface area (Å²) in [7, 11) is -3.30. The molecule has 106 valence electrons. The molecular weight excluding hydrogens is 275 g/mol. The van der Waals surface area contributed by atoms with Gasteiger partial charge < -0.3 is 0 Å². The molecule has 0 atom stereocenters. The summed E-state index contributed by atoms with van der Waals surface area (Å²) in [5, 5.41) is 0. The molecule has 2 aromatic rings. The van der Waals surface area contributed by atoms with Gasteiger partial charge >= 0.3 is 0 Å². The molecule has 2 rings (SSSR count). The molecule has 0 aliphatic heterocycles. The fourth-order valence-electron chi connectivity index (χ4n) is 2.11. The van der Waals surface area contributed by atoms with Crippen LogP contribution in [0.3, 0.4) is 0 Å². The Hall–Kier alpha value is -1.68. The van der Waals surface area contributed by atoms with Crippen LogP contribution in [0.2, 0.25) is 0 Å². The minimum absolute atomic E-state index is 0.0769. The van der Waals surface area contributed by atoms with E-state index in [9.17, 15) is 12.8 Å². The third kappa shape index (κ3) is 2.90. The van der Waals surface area contributed by atoms with Crippen LogP contribution in [0.15, 0.2) is 47.4 Å². The molecule has 0 unspecified atom stereocenters. The monoisotopic (exact) mass is 292 g/mol. The van der Waals surface area contributed by atoms with Crippen molar-refractivity contribution in [2.45, 2.75) is 24.7 Å². The largest absolute Gasteiger partial charge is 0.224 e. The summed E-state index contributed by atoms with van der Waals surface area (Å²) in [6, 6.07) is 11.6. The van der Waals surface area contributed by atoms with Crippen molar-refractivity contribution in [3.05, 3.63) is 53.8 Å². The van der Waals surface area contributed by atoms with Gasteiger partial charge in [-0.25, -0.2) is 12.8 Å². The molecule has 0 aromatic heterocycles. The standard InChI is InChI=1S/C16H17FO2S/c1-11(2)14-8-5-9-15(16(14)17)12-6-4-7-13(10-12)20(3,18)19/h4-11H,1-3H3. The maximum absolute atomic E-state index is 14.5. The van der Waals surface area contributed by atoms with Gasteiger partial charge in [0.25, 0.3) is 0 Å². The summed E-state index contributed by atoms with van der Waals surface area (Å²) < 4.78 is 37.7. The van der Waals surface area contributed by atoms with Crippen LogP contribution in [0.4, 0.5) is 4.39 Å². The number of sulfone groups is 1. The highest BCUT2D eigenvalue weighted by atomic mass is 32.2. The van der Waals surface area contributed by atoms with Gasteiger partial charge in [0.15, 0.2) is 9.84 Å². The lowest BCUT2D eigenvalue weighted by Crippen LogP contribution is -1.99. The Bertz CT molecular complexity index is 734. The van der Waals surface area contributed by atoms with E-state index in [4.69, 9.17) is 0 Å². The fourth-order valence-corrected chi connectivity index (χ4v) is 2.78. The molecule has 0 radical (unpaired) electrons. The lowest BCUT2D eigenvalue weighted by atomic mass is 9.96. The van der Waals surface area contributed by atoms with Crippen molar-refractivity contribution in [2.24, 2.45) is 0 Å². The van der Waals surface area contributed by atoms with Crippen LogP contribution in [0.25, 0.3) is 11.1 Å². The first-order valence-corrected chi connectivity index (χ1v) is 8.28. The third-order valence-corrected chi connectivity index (χ3v) is 4.33. The average molecular weight is 292 g/mol. The molecule has 0 bridgehead atoms. The van der Waals surface area contributed by atoms with Crippen LogP contribution in [-0.2, 0) is 9.84 Å². The number of hydrogen-bond acceptors (Lipinski definition) is 2. The van der Waals surface area contributed by atoms with Gasteiger partial charge in [-0.15, -0.1) is 0 Å². The van der Waals surface area contributed by atoms with Crippen LogP contribution in [0, 0.1) is 5.82 Å². The van der Waals surface area contributed by atoms with Crippen LogP contribution >= 0.6 is 0 Å². The van der Waals surface area contributed by atoms with Gasteiger partial charge in [-0.2, -0.15) is 0 Å². The van der Waals surface area contributed by atoms with Crippen LogP contribution < -0.4 is 0 Å². The van der Waals surface area contributed by atoms with E-state index in [2.05, 4.69) is 0 Å². The molecule has 0 amide bonds. The Balaban J connectivity index is 2.61. The van der Waals surface area contributed by atoms with E-state index in [1.165, 1.54) is 12.1 Å². The molecule has 2 nitrogen and oxygen atoms in total. The first-order chi connectivity index (χ1) is 9.30. The molecule has 0 fully saturated rings. The highest BCUT2D eigenvalue weighted by Crippen LogP contribution is 2.29. The van der Waals surface area contributed by atoms with Crippen LogP contribution in [0.1, 0.15) is 25.3 Å². The zero-order chi connectivity index (χ0) is 14.9. The van der Waals surface area contributed by atoms with Gasteiger partial charge in [0.05, 0.1) is 4.90 Å². The van der Waals surface area contributed by atoms with E-state index >= 15 is 0 Å². The maximum Gasteiger partial charge on any atom is 0.175 e. The highest BCUT2D eigenvalue weighted by Gasteiger charge is 2.14. The van der Waals surface area contributed by atoms with Crippen molar-refractivity contribution in [2.75, 3.05) is 6.26 Å². The van der Waals surface area contributed by atoms with E-state index in [1.807, 2.05) is 13.8 Å². The van der Waals surface area contributed by atoms with E-state index in [0.717, 1.165) is 6.26 Å². The summed E-state index contributed by atoms with van der Waals surface area (Å²) >= 11 is 0. The maximum atomic E-state index is 14.5. The van der Waals surface area contributed by atoms with Gasteiger partial charge in [0, 0.05) is 11.8 Å². The second-order valence-corrected chi connectivity index (χ2v) is 7.18. The topological polar surface area (TPSA) is 34.1 Å². The average Bonchev–Trinajstić information content (AvgIpc) is 2.38. The van der Waals surface area contributed by atoms with Crippen molar-refractivity contribution in [1.29, 1.82) is 0 Å². The number of benzene rings is 2. The van der Waals surface area contributed by atoms with Gasteiger partial charge in [0.2, 0.25) is 0 Å². The first kappa shape index (κ1) is 14.7. The summed E-state index contributed by atoms with van der Waals surface area (Å²) in [5.74, 6) is -0.207. The van der Waals surface area contributed by atoms with E-state index in [-0.39, 0.29) is 16.6 Å². The van der Waals surface area contributed by atoms with Gasteiger partial charge in [-0.05, 0) is 29.2 Å². The molecule has 0 spiro atoms. The Morgan fingerprint density at radius 3 is 2.30 bits per heavy atom. The summed E-state index contributed by atoms with van der Waals surface area (Å²) in [4.78, 5) is 0.198. The van der Waals surface area contributed by atoms with Crippen molar-refractivity contribution in [3.8, 4) is 11.1 Å². The smallest absolute Gasteiger partial charge is 0.175 e. The van der Waals surface area contributed by atoms with E-state index < -0.39 is 9.84 Å². The minimum Gasteiger partial charge on any atom is -0.224 e. The minimum atomic E-state index is -3.30. The quantitative estimate of drug-likeness (QED) is 0.856. The molecule has 0 heterocycles. The van der Waals surface area contributed by atoms with E-state index in [1.54, 1.807) is 30.3 Å². The number of hydrogen-bond donors (Lipinski definition) is 0. The Kier molecular flexibility index (Phi) is 3.95. The second-order valence-electron chi connectivity index (χ2n) is 5.16. The Morgan fingerprint density at radius 1 is 1.05 bits per heavy atom. The molecule has 20 heavy (non-hydrogen) atoms. The number of halogens is 1. The third-order valence-electron chi connectivity index (χ3n) is 3.22. The SMILES string of the molecule is CC(C)c1cccc(-c2cccc(S(C)(=O)=O)c2)c1F. The zero-order valence-electron chi connectivity index (χ0n) is 11.7. The first-order valence-electron chi connectivity index (χ1n) is 6.39. The van der Waals surface area contributed by atoms with Crippen molar-refractivity contribution in [1.82, 2.24) is 0 Å². The van der Waals surface area contributed by atoms with Crippen molar-refractivity contribution >= 4 is 9.84 Å². The van der Waals surface area contributed by atoms with Crippen LogP contribution in [0.5, 0.6) is 0 Å². The number of rotatable bonds is 3. The molecule has 0 aliphatic carbocycles. The van der Waals surface area contributed by atoms with Crippen LogP contribution in [-0.4, -0.2) is 14.7 Å². The summed E-state index contributed by atoms with van der Waals surface area (Å²) in [6.07, 6.45) is 1.15. The van der Waals surface area contributed by atoms with Gasteiger partial charge in [-0.1, -0.05) is 44.2 Å². The summed E-state index contributed by atoms with van der Waals surface area (Å²) in [5.41, 5.74) is 1.64. The zero-order valence-corrected chi connectivity index (χ0v) is 12.5. The van der Waals surface area contributed by atoms with Crippen molar-refractivity contribution in [3.63, 3.8) is 0 Å². The van der Waals surface area contributed by atoms with Gasteiger partial charge in [0.1, 0.15) is 5.82 Å². The molecular formula is C16H17FO2S. The molecule has 0 saturated carbocycles. The lowest BCUT2D eigenvalue weighted by molar-refractivity contribution is 0.599. The molecule has 0 aliphatic rings. The Morgan fingerprint density at radius 2 is 1.70 bits per heavy atom. The molecule has 0 saturated heterocycles. The van der Waals surface area contributed by atoms with Gasteiger partial charge in [-0.3, -0.25) is 0 Å². The Labute approximate surface area is 119 Å². The highest BCUT2D eigenvalue weighted by molar-refractivity contribution is 7.90. The van der Waals surface area contributed by atoms with Crippen molar-refractivity contribution < 1.29 is 12.8 Å². The fraction of sp³-hybridized carbons (Fsp3) is 0.250. The molecule has 4 heteroatoms. The summed E-state index contributed by atoms with van der Waals surface area (Å²) in [6.45, 7) is 3.85. The normalized spacial score (nSPS) is 11.8. The van der Waals surface area contributed by atoms with E-state index in [0.29, 0.717) is 16.7 Å². The lowest BCUT2D eigenvalue weighted by Gasteiger charge is -2.11. The predicted molar refractivity (Wildman–Crippen MR) is 79.0 cm³/mol. The second kappa shape index (κ2) is 5.37. The predicted octanol–water partition coefficient (Wildman–Crippen LogP) is 4.02. The molecule has 0 N–H and O–H groups in total. The molecule has 2 aromatic carbocycles.